The van der Waals surface area contributed by atoms with Gasteiger partial charge in [-0.3, -0.25) is 4.79 Å². The number of nitrogens with zero attached hydrogens (tertiary/aromatic N) is 4. The SMILES string of the molecule is N#Cc1cccc(C(=O)N2CCCC2c2nc(CCOCC3CCCC3)no2)c1. The smallest absolute Gasteiger partial charge is 0.254 e. The van der Waals surface area contributed by atoms with Gasteiger partial charge in [-0.15, -0.1) is 0 Å². The van der Waals surface area contributed by atoms with Gasteiger partial charge in [-0.1, -0.05) is 24.1 Å². The van der Waals surface area contributed by atoms with Gasteiger partial charge in [0, 0.05) is 25.1 Å². The summed E-state index contributed by atoms with van der Waals surface area (Å²) in [7, 11) is 0. The molecule has 7 heteroatoms. The van der Waals surface area contributed by atoms with Crippen molar-refractivity contribution in [1.82, 2.24) is 15.0 Å². The Morgan fingerprint density at radius 2 is 2.14 bits per heavy atom. The number of likely N-dealkylation sites (tertiary alicyclic amines) is 1. The number of rotatable bonds is 7. The first-order valence-corrected chi connectivity index (χ1v) is 10.5. The lowest BCUT2D eigenvalue weighted by Crippen LogP contribution is -2.30. The normalized spacial score (nSPS) is 19.6. The predicted molar refractivity (Wildman–Crippen MR) is 105 cm³/mol. The number of amides is 1. The highest BCUT2D eigenvalue weighted by Gasteiger charge is 2.34. The molecule has 2 aromatic rings. The summed E-state index contributed by atoms with van der Waals surface area (Å²) in [6, 6.07) is 8.64. The molecular weight excluding hydrogens is 368 g/mol. The van der Waals surface area contributed by atoms with Crippen molar-refractivity contribution in [2.75, 3.05) is 19.8 Å². The van der Waals surface area contributed by atoms with Gasteiger partial charge >= 0.3 is 0 Å². The molecule has 1 atom stereocenters. The monoisotopic (exact) mass is 394 g/mol. The summed E-state index contributed by atoms with van der Waals surface area (Å²) in [6.07, 6.45) is 7.48. The minimum atomic E-state index is -0.214. The van der Waals surface area contributed by atoms with Crippen LogP contribution in [0.1, 0.15) is 72.2 Å². The minimum Gasteiger partial charge on any atom is -0.381 e. The van der Waals surface area contributed by atoms with E-state index in [1.807, 2.05) is 0 Å². The van der Waals surface area contributed by atoms with Crippen molar-refractivity contribution in [3.05, 3.63) is 47.1 Å². The number of carbonyl (C=O) groups excluding carboxylic acids is 1. The summed E-state index contributed by atoms with van der Waals surface area (Å²) in [5.74, 6) is 1.70. The van der Waals surface area contributed by atoms with E-state index in [0.717, 1.165) is 19.4 Å². The highest BCUT2D eigenvalue weighted by Crippen LogP contribution is 2.32. The fourth-order valence-corrected chi connectivity index (χ4v) is 4.25. The van der Waals surface area contributed by atoms with Crippen molar-refractivity contribution in [2.24, 2.45) is 5.92 Å². The molecule has 0 N–H and O–H groups in total. The standard InChI is InChI=1S/C22H26N4O3/c23-14-17-7-3-8-18(13-17)22(27)26-11-4-9-19(26)21-24-20(25-29-21)10-12-28-15-16-5-1-2-6-16/h3,7-8,13,16,19H,1-2,4-6,9-12,15H2. The second-order valence-corrected chi connectivity index (χ2v) is 7.87. The molecular formula is C22H26N4O3. The van der Waals surface area contributed by atoms with Gasteiger partial charge in [0.1, 0.15) is 6.04 Å². The maximum atomic E-state index is 12.9. The van der Waals surface area contributed by atoms with Gasteiger partial charge in [0.15, 0.2) is 5.82 Å². The van der Waals surface area contributed by atoms with Crippen LogP contribution < -0.4 is 0 Å². The summed E-state index contributed by atoms with van der Waals surface area (Å²) in [5, 5.41) is 13.2. The van der Waals surface area contributed by atoms with Gasteiger partial charge in [0.2, 0.25) is 5.89 Å². The van der Waals surface area contributed by atoms with Gasteiger partial charge in [-0.05, 0) is 49.8 Å². The fraction of sp³-hybridized carbons (Fsp3) is 0.545. The van der Waals surface area contributed by atoms with E-state index in [1.165, 1.54) is 25.7 Å². The Balaban J connectivity index is 1.35. The van der Waals surface area contributed by atoms with Crippen molar-refractivity contribution < 1.29 is 14.1 Å². The zero-order valence-electron chi connectivity index (χ0n) is 16.5. The molecule has 1 amide bonds. The lowest BCUT2D eigenvalue weighted by atomic mass is 10.1. The van der Waals surface area contributed by atoms with Gasteiger partial charge < -0.3 is 14.2 Å². The fourth-order valence-electron chi connectivity index (χ4n) is 4.25. The number of benzene rings is 1. The second kappa shape index (κ2) is 9.19. The lowest BCUT2D eigenvalue weighted by molar-refractivity contribution is 0.0710. The molecule has 1 aromatic carbocycles. The number of aromatic nitrogens is 2. The van der Waals surface area contributed by atoms with Crippen LogP contribution in [0.2, 0.25) is 0 Å². The van der Waals surface area contributed by atoms with Gasteiger partial charge in [-0.2, -0.15) is 10.2 Å². The molecule has 0 radical (unpaired) electrons. The molecule has 1 aliphatic heterocycles. The highest BCUT2D eigenvalue weighted by molar-refractivity contribution is 5.95. The van der Waals surface area contributed by atoms with E-state index in [9.17, 15) is 4.79 Å². The predicted octanol–water partition coefficient (Wildman–Crippen LogP) is 3.67. The first-order valence-electron chi connectivity index (χ1n) is 10.5. The Labute approximate surface area is 170 Å². The van der Waals surface area contributed by atoms with Crippen molar-refractivity contribution >= 4 is 5.91 Å². The summed E-state index contributed by atoms with van der Waals surface area (Å²) in [5.41, 5.74) is 0.986. The summed E-state index contributed by atoms with van der Waals surface area (Å²) < 4.78 is 11.3. The van der Waals surface area contributed by atoms with Crippen molar-refractivity contribution in [1.29, 1.82) is 5.26 Å². The van der Waals surface area contributed by atoms with E-state index in [1.54, 1.807) is 29.2 Å². The van der Waals surface area contributed by atoms with E-state index < -0.39 is 0 Å². The van der Waals surface area contributed by atoms with Crippen LogP contribution in [-0.2, 0) is 11.2 Å². The van der Waals surface area contributed by atoms with Gasteiger partial charge in [-0.25, -0.2) is 0 Å². The summed E-state index contributed by atoms with van der Waals surface area (Å²) in [4.78, 5) is 19.2. The maximum Gasteiger partial charge on any atom is 0.254 e. The first kappa shape index (κ1) is 19.6. The van der Waals surface area contributed by atoms with Crippen molar-refractivity contribution in [3.63, 3.8) is 0 Å². The van der Waals surface area contributed by atoms with Crippen LogP contribution in [0, 0.1) is 17.2 Å². The Hall–Kier alpha value is -2.72. The zero-order chi connectivity index (χ0) is 20.1. The third-order valence-electron chi connectivity index (χ3n) is 5.82. The maximum absolute atomic E-state index is 12.9. The molecule has 2 fully saturated rings. The quantitative estimate of drug-likeness (QED) is 0.665. The van der Waals surface area contributed by atoms with E-state index in [2.05, 4.69) is 16.2 Å². The van der Waals surface area contributed by atoms with Crippen LogP contribution in [0.25, 0.3) is 0 Å². The molecule has 29 heavy (non-hydrogen) atoms. The Morgan fingerprint density at radius 3 is 2.97 bits per heavy atom. The van der Waals surface area contributed by atoms with Crippen LogP contribution >= 0.6 is 0 Å². The number of nitriles is 1. The first-order chi connectivity index (χ1) is 14.2. The van der Waals surface area contributed by atoms with Gasteiger partial charge in [0.25, 0.3) is 5.91 Å². The summed E-state index contributed by atoms with van der Waals surface area (Å²) >= 11 is 0. The number of hydrogen-bond donors (Lipinski definition) is 0. The third kappa shape index (κ3) is 4.65. The molecule has 1 unspecified atom stereocenters. The van der Waals surface area contributed by atoms with E-state index in [0.29, 0.717) is 48.3 Å². The van der Waals surface area contributed by atoms with Gasteiger partial charge in [0.05, 0.1) is 18.2 Å². The number of carbonyl (C=O) groups is 1. The average Bonchev–Trinajstić information content (AvgIpc) is 3.52. The molecule has 1 aliphatic carbocycles. The Bertz CT molecular complexity index is 882. The molecule has 4 rings (SSSR count). The second-order valence-electron chi connectivity index (χ2n) is 7.87. The van der Waals surface area contributed by atoms with E-state index in [-0.39, 0.29) is 11.9 Å². The Kier molecular flexibility index (Phi) is 6.20. The number of ether oxygens (including phenoxy) is 1. The molecule has 1 saturated carbocycles. The molecule has 2 aliphatic rings. The van der Waals surface area contributed by atoms with Crippen molar-refractivity contribution in [3.8, 4) is 6.07 Å². The van der Waals surface area contributed by atoms with Crippen LogP contribution in [0.5, 0.6) is 0 Å². The topological polar surface area (TPSA) is 92.2 Å². The molecule has 0 spiro atoms. The lowest BCUT2D eigenvalue weighted by Gasteiger charge is -2.22. The number of hydrogen-bond acceptors (Lipinski definition) is 6. The van der Waals surface area contributed by atoms with Crippen LogP contribution in [0.3, 0.4) is 0 Å². The zero-order valence-corrected chi connectivity index (χ0v) is 16.5. The molecule has 1 aromatic heterocycles. The average molecular weight is 394 g/mol. The molecule has 7 nitrogen and oxygen atoms in total. The van der Waals surface area contributed by atoms with E-state index in [4.69, 9.17) is 14.5 Å². The molecule has 1 saturated heterocycles. The minimum absolute atomic E-state index is 0.107. The highest BCUT2D eigenvalue weighted by atomic mass is 16.5. The third-order valence-corrected chi connectivity index (χ3v) is 5.82. The molecule has 0 bridgehead atoms. The summed E-state index contributed by atoms with van der Waals surface area (Å²) in [6.45, 7) is 2.05. The Morgan fingerprint density at radius 1 is 1.28 bits per heavy atom. The molecule has 152 valence electrons. The largest absolute Gasteiger partial charge is 0.381 e. The van der Waals surface area contributed by atoms with Crippen molar-refractivity contribution in [2.45, 2.75) is 51.0 Å². The van der Waals surface area contributed by atoms with Crippen LogP contribution in [-0.4, -0.2) is 40.7 Å². The molecule has 2 heterocycles. The van der Waals surface area contributed by atoms with Crippen LogP contribution in [0.4, 0.5) is 0 Å². The van der Waals surface area contributed by atoms with E-state index >= 15 is 0 Å². The van der Waals surface area contributed by atoms with Crippen LogP contribution in [0.15, 0.2) is 28.8 Å².